The molecule has 0 radical (unpaired) electrons. The second-order valence-electron chi connectivity index (χ2n) is 5.11. The van der Waals surface area contributed by atoms with Gasteiger partial charge >= 0.3 is 6.09 Å². The van der Waals surface area contributed by atoms with Crippen molar-refractivity contribution in [1.82, 2.24) is 5.32 Å². The number of hydrogen-bond acceptors (Lipinski definition) is 3. The first kappa shape index (κ1) is 16.2. The van der Waals surface area contributed by atoms with Gasteiger partial charge in [0.25, 0.3) is 0 Å². The highest BCUT2D eigenvalue weighted by atomic mass is 16.5. The maximum Gasteiger partial charge on any atom is 0.408 e. The van der Waals surface area contributed by atoms with Crippen molar-refractivity contribution in [2.45, 2.75) is 46.3 Å². The van der Waals surface area contributed by atoms with Gasteiger partial charge in [-0.25, -0.2) is 4.79 Å². The molecule has 4 nitrogen and oxygen atoms in total. The minimum atomic E-state index is -0.557. The Balaban J connectivity index is 2.32. The molecule has 0 fully saturated rings. The number of rotatable bonds is 7. The first-order valence-corrected chi connectivity index (χ1v) is 7.02. The van der Waals surface area contributed by atoms with E-state index in [4.69, 9.17) is 4.74 Å². The molecule has 2 unspecified atom stereocenters. The lowest BCUT2D eigenvalue weighted by atomic mass is 9.99. The summed E-state index contributed by atoms with van der Waals surface area (Å²) in [6.45, 7) is 5.97. The lowest BCUT2D eigenvalue weighted by molar-refractivity contribution is -0.121. The lowest BCUT2D eigenvalue weighted by Gasteiger charge is -2.15. The molecular formula is C16H23NO3. The van der Waals surface area contributed by atoms with Crippen molar-refractivity contribution in [3.05, 3.63) is 35.9 Å². The van der Waals surface area contributed by atoms with Crippen LogP contribution in [0, 0.1) is 5.92 Å². The van der Waals surface area contributed by atoms with Crippen molar-refractivity contribution >= 4 is 11.9 Å². The number of carbonyl (C=O) groups excluding carboxylic acids is 2. The Morgan fingerprint density at radius 2 is 1.85 bits per heavy atom. The molecule has 0 aliphatic rings. The molecule has 110 valence electrons. The molecule has 0 aliphatic carbocycles. The van der Waals surface area contributed by atoms with Gasteiger partial charge in [0.15, 0.2) is 5.78 Å². The van der Waals surface area contributed by atoms with Crippen LogP contribution >= 0.6 is 0 Å². The fourth-order valence-electron chi connectivity index (χ4n) is 1.69. The van der Waals surface area contributed by atoms with Crippen molar-refractivity contribution in [3.8, 4) is 0 Å². The lowest BCUT2D eigenvalue weighted by Crippen LogP contribution is -2.39. The molecular weight excluding hydrogens is 254 g/mol. The second-order valence-corrected chi connectivity index (χ2v) is 5.11. The van der Waals surface area contributed by atoms with Gasteiger partial charge in [-0.2, -0.15) is 0 Å². The maximum absolute atomic E-state index is 11.9. The number of ketones is 1. The van der Waals surface area contributed by atoms with Gasteiger partial charge in [0, 0.05) is 6.42 Å². The Morgan fingerprint density at radius 3 is 2.45 bits per heavy atom. The van der Waals surface area contributed by atoms with Crippen LogP contribution in [0.4, 0.5) is 4.79 Å². The number of nitrogens with one attached hydrogen (secondary N) is 1. The number of amides is 1. The van der Waals surface area contributed by atoms with Gasteiger partial charge in [0.2, 0.25) is 0 Å². The number of alkyl carbamates (subject to hydrolysis) is 1. The summed E-state index contributed by atoms with van der Waals surface area (Å²) >= 11 is 0. The zero-order valence-corrected chi connectivity index (χ0v) is 12.4. The van der Waals surface area contributed by atoms with Crippen LogP contribution in [0.3, 0.4) is 0 Å². The normalized spacial score (nSPS) is 13.3. The van der Waals surface area contributed by atoms with Gasteiger partial charge < -0.3 is 10.1 Å². The number of Topliss-reactive ketones (excluding diaryl/α,β-unsaturated/α-hetero) is 1. The minimum Gasteiger partial charge on any atom is -0.445 e. The first-order valence-electron chi connectivity index (χ1n) is 7.02. The maximum atomic E-state index is 11.9. The van der Waals surface area contributed by atoms with Crippen LogP contribution < -0.4 is 5.32 Å². The summed E-state index contributed by atoms with van der Waals surface area (Å²) in [5.74, 6) is 0.378. The van der Waals surface area contributed by atoms with E-state index in [1.807, 2.05) is 44.2 Å². The molecule has 0 bridgehead atoms. The summed E-state index contributed by atoms with van der Waals surface area (Å²) in [6.07, 6.45) is 0.881. The van der Waals surface area contributed by atoms with E-state index in [-0.39, 0.29) is 12.4 Å². The van der Waals surface area contributed by atoms with Crippen LogP contribution in [0.1, 0.15) is 39.2 Å². The summed E-state index contributed by atoms with van der Waals surface area (Å²) in [5.41, 5.74) is 0.918. The topological polar surface area (TPSA) is 55.4 Å². The monoisotopic (exact) mass is 277 g/mol. The van der Waals surface area contributed by atoms with E-state index in [0.29, 0.717) is 12.3 Å². The zero-order valence-electron chi connectivity index (χ0n) is 12.4. The molecule has 0 aliphatic heterocycles. The third-order valence-electron chi connectivity index (χ3n) is 3.28. The van der Waals surface area contributed by atoms with Gasteiger partial charge in [-0.05, 0) is 18.4 Å². The predicted octanol–water partition coefficient (Wildman–Crippen LogP) is 3.31. The fraction of sp³-hybridized carbons (Fsp3) is 0.500. The smallest absolute Gasteiger partial charge is 0.408 e. The largest absolute Gasteiger partial charge is 0.445 e. The minimum absolute atomic E-state index is 0.0380. The van der Waals surface area contributed by atoms with Crippen molar-refractivity contribution in [2.75, 3.05) is 0 Å². The molecule has 1 amide bonds. The van der Waals surface area contributed by atoms with Crippen molar-refractivity contribution in [1.29, 1.82) is 0 Å². The van der Waals surface area contributed by atoms with Crippen LogP contribution in [0.15, 0.2) is 30.3 Å². The number of ether oxygens (including phenoxy) is 1. The van der Waals surface area contributed by atoms with Crippen LogP contribution in [0.25, 0.3) is 0 Å². The first-order chi connectivity index (χ1) is 9.52. The molecule has 4 heteroatoms. The zero-order chi connectivity index (χ0) is 15.0. The Kier molecular flexibility index (Phi) is 6.77. The van der Waals surface area contributed by atoms with Gasteiger partial charge in [0.1, 0.15) is 6.61 Å². The van der Waals surface area contributed by atoms with Crippen LogP contribution in [-0.4, -0.2) is 17.9 Å². The second kappa shape index (κ2) is 8.35. The quantitative estimate of drug-likeness (QED) is 0.832. The van der Waals surface area contributed by atoms with Crippen molar-refractivity contribution in [2.24, 2.45) is 5.92 Å². The summed E-state index contributed by atoms with van der Waals surface area (Å²) in [7, 11) is 0. The molecule has 0 saturated carbocycles. The Morgan fingerprint density at radius 1 is 1.20 bits per heavy atom. The Bertz CT molecular complexity index is 431. The molecule has 20 heavy (non-hydrogen) atoms. The van der Waals surface area contributed by atoms with Crippen LogP contribution in [0.5, 0.6) is 0 Å². The van der Waals surface area contributed by atoms with E-state index < -0.39 is 12.1 Å². The summed E-state index contributed by atoms with van der Waals surface area (Å²) in [6, 6.07) is 8.92. The Hall–Kier alpha value is -1.84. The number of hydrogen-bond donors (Lipinski definition) is 1. The van der Waals surface area contributed by atoms with Crippen LogP contribution in [0.2, 0.25) is 0 Å². The summed E-state index contributed by atoms with van der Waals surface area (Å²) in [4.78, 5) is 23.5. The summed E-state index contributed by atoms with van der Waals surface area (Å²) in [5, 5.41) is 2.57. The average Bonchev–Trinajstić information content (AvgIpc) is 2.45. The molecule has 1 rings (SSSR count). The highest BCUT2D eigenvalue weighted by Gasteiger charge is 2.18. The van der Waals surface area contributed by atoms with Gasteiger partial charge in [0.05, 0.1) is 6.04 Å². The van der Waals surface area contributed by atoms with Gasteiger partial charge in [-0.15, -0.1) is 0 Å². The SMILES string of the molecule is CCC(C)CC(=O)C(C)NC(=O)OCc1ccccc1. The molecule has 1 aromatic rings. The Labute approximate surface area is 120 Å². The third kappa shape index (κ3) is 5.87. The standard InChI is InChI=1S/C16H23NO3/c1-4-12(2)10-15(18)13(3)17-16(19)20-11-14-8-6-5-7-9-14/h5-9,12-13H,4,10-11H2,1-3H3,(H,17,19). The average molecular weight is 277 g/mol. The molecule has 1 aromatic carbocycles. The van der Waals surface area contributed by atoms with Crippen LogP contribution in [-0.2, 0) is 16.1 Å². The third-order valence-corrected chi connectivity index (χ3v) is 3.28. The van der Waals surface area contributed by atoms with Gasteiger partial charge in [-0.1, -0.05) is 50.6 Å². The molecule has 2 atom stereocenters. The van der Waals surface area contributed by atoms with Gasteiger partial charge in [-0.3, -0.25) is 4.79 Å². The highest BCUT2D eigenvalue weighted by Crippen LogP contribution is 2.08. The molecule has 0 heterocycles. The van der Waals surface area contributed by atoms with Crippen molar-refractivity contribution in [3.63, 3.8) is 0 Å². The van der Waals surface area contributed by atoms with E-state index in [0.717, 1.165) is 12.0 Å². The van der Waals surface area contributed by atoms with E-state index in [1.54, 1.807) is 6.92 Å². The van der Waals surface area contributed by atoms with E-state index >= 15 is 0 Å². The molecule has 0 spiro atoms. The molecule has 1 N–H and O–H groups in total. The van der Waals surface area contributed by atoms with Crippen molar-refractivity contribution < 1.29 is 14.3 Å². The van der Waals surface area contributed by atoms with E-state index in [9.17, 15) is 9.59 Å². The predicted molar refractivity (Wildman–Crippen MR) is 78.3 cm³/mol. The molecule has 0 aromatic heterocycles. The van der Waals surface area contributed by atoms with E-state index in [1.165, 1.54) is 0 Å². The molecule has 0 saturated heterocycles. The highest BCUT2D eigenvalue weighted by molar-refractivity contribution is 5.87. The number of carbonyl (C=O) groups is 2. The summed E-state index contributed by atoms with van der Waals surface area (Å²) < 4.78 is 5.08. The fourth-order valence-corrected chi connectivity index (χ4v) is 1.69. The van der Waals surface area contributed by atoms with E-state index in [2.05, 4.69) is 5.32 Å². The number of benzene rings is 1.